The predicted molar refractivity (Wildman–Crippen MR) is 81.3 cm³/mol. The summed E-state index contributed by atoms with van der Waals surface area (Å²) < 4.78 is 5.39. The molecular formula is C16H18N2O5. The number of aryl methyl sites for hydroxylation is 1. The molecule has 0 spiro atoms. The summed E-state index contributed by atoms with van der Waals surface area (Å²) in [6.07, 6.45) is 0.456. The first-order valence-corrected chi connectivity index (χ1v) is 7.58. The molecule has 122 valence electrons. The highest BCUT2D eigenvalue weighted by Crippen LogP contribution is 2.24. The van der Waals surface area contributed by atoms with Crippen molar-refractivity contribution in [3.05, 3.63) is 29.3 Å². The zero-order valence-electron chi connectivity index (χ0n) is 12.6. The topological polar surface area (TPSA) is 95.9 Å². The van der Waals surface area contributed by atoms with Gasteiger partial charge in [-0.1, -0.05) is 0 Å². The van der Waals surface area contributed by atoms with Gasteiger partial charge in [0.2, 0.25) is 5.91 Å². The number of carboxylic acids is 1. The molecule has 0 aromatic heterocycles. The maximum Gasteiger partial charge on any atom is 0.306 e. The van der Waals surface area contributed by atoms with Gasteiger partial charge in [-0.15, -0.1) is 0 Å². The number of rotatable bonds is 3. The zero-order valence-corrected chi connectivity index (χ0v) is 12.6. The van der Waals surface area contributed by atoms with Crippen LogP contribution in [0.15, 0.2) is 18.2 Å². The fourth-order valence-electron chi connectivity index (χ4n) is 2.92. The fraction of sp³-hybridized carbons (Fsp3) is 0.438. The summed E-state index contributed by atoms with van der Waals surface area (Å²) in [5, 5.41) is 11.6. The molecule has 1 aromatic rings. The Hall–Kier alpha value is -2.41. The number of nitrogens with one attached hydrogen (secondary N) is 1. The van der Waals surface area contributed by atoms with Crippen molar-refractivity contribution in [3.8, 4) is 0 Å². The second-order valence-corrected chi connectivity index (χ2v) is 5.76. The molecule has 23 heavy (non-hydrogen) atoms. The van der Waals surface area contributed by atoms with E-state index in [0.29, 0.717) is 31.6 Å². The van der Waals surface area contributed by atoms with Crippen molar-refractivity contribution in [3.63, 3.8) is 0 Å². The molecule has 2 amide bonds. The third-order valence-corrected chi connectivity index (χ3v) is 4.08. The molecule has 0 aliphatic carbocycles. The number of benzene rings is 1. The minimum Gasteiger partial charge on any atom is -0.481 e. The van der Waals surface area contributed by atoms with E-state index in [1.807, 2.05) is 0 Å². The van der Waals surface area contributed by atoms with Crippen LogP contribution in [0.5, 0.6) is 0 Å². The Morgan fingerprint density at radius 3 is 2.96 bits per heavy atom. The lowest BCUT2D eigenvalue weighted by Gasteiger charge is -2.32. The van der Waals surface area contributed by atoms with Crippen LogP contribution < -0.4 is 5.32 Å². The van der Waals surface area contributed by atoms with E-state index in [4.69, 9.17) is 9.84 Å². The number of ether oxygens (including phenoxy) is 1. The maximum absolute atomic E-state index is 12.6. The Morgan fingerprint density at radius 2 is 2.17 bits per heavy atom. The number of aliphatic carboxylic acids is 1. The first-order valence-electron chi connectivity index (χ1n) is 7.58. The molecule has 2 aliphatic rings. The second kappa shape index (κ2) is 6.37. The normalized spacial score (nSPS) is 20.6. The largest absolute Gasteiger partial charge is 0.481 e. The number of hydrogen-bond acceptors (Lipinski definition) is 4. The number of amides is 2. The third kappa shape index (κ3) is 3.50. The molecule has 0 bridgehead atoms. The summed E-state index contributed by atoms with van der Waals surface area (Å²) in [5.41, 5.74) is 2.25. The highest BCUT2D eigenvalue weighted by atomic mass is 16.5. The molecule has 3 rings (SSSR count). The van der Waals surface area contributed by atoms with Crippen molar-refractivity contribution < 1.29 is 24.2 Å². The lowest BCUT2D eigenvalue weighted by molar-refractivity contribution is -0.141. The van der Waals surface area contributed by atoms with E-state index < -0.39 is 12.1 Å². The van der Waals surface area contributed by atoms with E-state index in [1.165, 1.54) is 0 Å². The SMILES string of the molecule is O=C(O)C[C@@H]1CN(C(=O)c2ccc3c(c2)CCC(=O)N3)CCO1. The molecule has 7 nitrogen and oxygen atoms in total. The van der Waals surface area contributed by atoms with Crippen LogP contribution in [0.4, 0.5) is 5.69 Å². The minimum atomic E-state index is -0.936. The van der Waals surface area contributed by atoms with Gasteiger partial charge in [0.25, 0.3) is 5.91 Å². The van der Waals surface area contributed by atoms with E-state index in [-0.39, 0.29) is 24.8 Å². The van der Waals surface area contributed by atoms with Crippen LogP contribution in [-0.4, -0.2) is 53.6 Å². The summed E-state index contributed by atoms with van der Waals surface area (Å²) in [6.45, 7) is 1.06. The lowest BCUT2D eigenvalue weighted by atomic mass is 9.99. The molecule has 1 atom stereocenters. The van der Waals surface area contributed by atoms with E-state index >= 15 is 0 Å². The molecular weight excluding hydrogens is 300 g/mol. The van der Waals surface area contributed by atoms with Crippen molar-refractivity contribution in [1.82, 2.24) is 4.90 Å². The molecule has 2 N–H and O–H groups in total. The van der Waals surface area contributed by atoms with Crippen molar-refractivity contribution in [2.45, 2.75) is 25.4 Å². The summed E-state index contributed by atoms with van der Waals surface area (Å²) in [7, 11) is 0. The van der Waals surface area contributed by atoms with Crippen LogP contribution in [-0.2, 0) is 20.7 Å². The summed E-state index contributed by atoms with van der Waals surface area (Å²) in [6, 6.07) is 5.24. The quantitative estimate of drug-likeness (QED) is 0.863. The monoisotopic (exact) mass is 318 g/mol. The standard InChI is InChI=1S/C16H18N2O5/c19-14-4-2-10-7-11(1-3-13(10)17-14)16(22)18-5-6-23-12(9-18)8-15(20)21/h1,3,7,12H,2,4-6,8-9H2,(H,17,19)(H,20,21)/t12-/m1/s1. The molecule has 7 heteroatoms. The van der Waals surface area contributed by atoms with E-state index in [1.54, 1.807) is 23.1 Å². The van der Waals surface area contributed by atoms with Gasteiger partial charge in [-0.25, -0.2) is 0 Å². The first kappa shape index (κ1) is 15.5. The predicted octanol–water partition coefficient (Wildman–Crippen LogP) is 0.887. The Bertz CT molecular complexity index is 658. The van der Waals surface area contributed by atoms with Gasteiger partial charge in [0.1, 0.15) is 0 Å². The molecule has 0 unspecified atom stereocenters. The zero-order chi connectivity index (χ0) is 16.4. The van der Waals surface area contributed by atoms with Crippen LogP contribution in [0.3, 0.4) is 0 Å². The summed E-state index contributed by atoms with van der Waals surface area (Å²) >= 11 is 0. The number of morpholine rings is 1. The van der Waals surface area contributed by atoms with E-state index in [2.05, 4.69) is 5.32 Å². The maximum atomic E-state index is 12.6. The molecule has 2 aliphatic heterocycles. The van der Waals surface area contributed by atoms with Gasteiger partial charge in [-0.2, -0.15) is 0 Å². The number of anilines is 1. The Morgan fingerprint density at radius 1 is 1.35 bits per heavy atom. The van der Waals surface area contributed by atoms with Crippen molar-refractivity contribution >= 4 is 23.5 Å². The third-order valence-electron chi connectivity index (χ3n) is 4.08. The molecule has 1 saturated heterocycles. The smallest absolute Gasteiger partial charge is 0.306 e. The highest BCUT2D eigenvalue weighted by Gasteiger charge is 2.27. The van der Waals surface area contributed by atoms with Crippen LogP contribution in [0, 0.1) is 0 Å². The first-order chi connectivity index (χ1) is 11.0. The van der Waals surface area contributed by atoms with Gasteiger partial charge in [0, 0.05) is 30.8 Å². The van der Waals surface area contributed by atoms with Gasteiger partial charge in [-0.05, 0) is 30.2 Å². The van der Waals surface area contributed by atoms with E-state index in [0.717, 1.165) is 11.3 Å². The van der Waals surface area contributed by atoms with Crippen molar-refractivity contribution in [2.75, 3.05) is 25.0 Å². The van der Waals surface area contributed by atoms with Gasteiger partial charge >= 0.3 is 5.97 Å². The van der Waals surface area contributed by atoms with Crippen LogP contribution in [0.25, 0.3) is 0 Å². The van der Waals surface area contributed by atoms with Crippen molar-refractivity contribution in [1.29, 1.82) is 0 Å². The Balaban J connectivity index is 1.72. The van der Waals surface area contributed by atoms with Crippen LogP contribution >= 0.6 is 0 Å². The summed E-state index contributed by atoms with van der Waals surface area (Å²) in [5.74, 6) is -1.08. The summed E-state index contributed by atoms with van der Waals surface area (Å²) in [4.78, 5) is 36.4. The van der Waals surface area contributed by atoms with Gasteiger partial charge in [-0.3, -0.25) is 14.4 Å². The van der Waals surface area contributed by atoms with Gasteiger partial charge in [0.15, 0.2) is 0 Å². The minimum absolute atomic E-state index is 0.0127. The highest BCUT2D eigenvalue weighted by molar-refractivity contribution is 5.98. The molecule has 0 radical (unpaired) electrons. The van der Waals surface area contributed by atoms with Gasteiger partial charge < -0.3 is 20.1 Å². The molecule has 1 fully saturated rings. The second-order valence-electron chi connectivity index (χ2n) is 5.76. The lowest BCUT2D eigenvalue weighted by Crippen LogP contribution is -2.46. The van der Waals surface area contributed by atoms with Crippen LogP contribution in [0.1, 0.15) is 28.8 Å². The Labute approximate surface area is 133 Å². The number of fused-ring (bicyclic) bond motifs is 1. The molecule has 2 heterocycles. The van der Waals surface area contributed by atoms with Crippen LogP contribution in [0.2, 0.25) is 0 Å². The van der Waals surface area contributed by atoms with E-state index in [9.17, 15) is 14.4 Å². The van der Waals surface area contributed by atoms with Gasteiger partial charge in [0.05, 0.1) is 19.1 Å². The molecule has 1 aromatic carbocycles. The Kier molecular flexibility index (Phi) is 4.29. The number of hydrogen-bond donors (Lipinski definition) is 2. The number of carbonyl (C=O) groups is 3. The number of carboxylic acid groups (broad SMARTS) is 1. The number of carbonyl (C=O) groups excluding carboxylic acids is 2. The van der Waals surface area contributed by atoms with Crippen molar-refractivity contribution in [2.24, 2.45) is 0 Å². The average molecular weight is 318 g/mol. The molecule has 0 saturated carbocycles. The number of nitrogens with zero attached hydrogens (tertiary/aromatic N) is 1. The average Bonchev–Trinajstić information content (AvgIpc) is 2.53. The fourth-order valence-corrected chi connectivity index (χ4v) is 2.92.